The zero-order valence-corrected chi connectivity index (χ0v) is 44.6. The molecule has 0 aromatic heterocycles. The Hall–Kier alpha value is -1.59. The van der Waals surface area contributed by atoms with Gasteiger partial charge >= 0.3 is 17.9 Å². The first kappa shape index (κ1) is 63.4. The lowest BCUT2D eigenvalue weighted by molar-refractivity contribution is -0.167. The van der Waals surface area contributed by atoms with Crippen molar-refractivity contribution in [3.05, 3.63) is 0 Å². The van der Waals surface area contributed by atoms with E-state index in [0.29, 0.717) is 19.3 Å². The minimum atomic E-state index is -0.762. The van der Waals surface area contributed by atoms with Crippen LogP contribution in [0.4, 0.5) is 0 Å². The van der Waals surface area contributed by atoms with Gasteiger partial charge < -0.3 is 14.2 Å². The Morgan fingerprint density at radius 2 is 0.508 bits per heavy atom. The molecule has 386 valence electrons. The number of ether oxygens (including phenoxy) is 3. The molecule has 0 aliphatic carbocycles. The summed E-state index contributed by atoms with van der Waals surface area (Å²) in [6, 6.07) is 0. The van der Waals surface area contributed by atoms with E-state index in [1.807, 2.05) is 0 Å². The van der Waals surface area contributed by atoms with Crippen molar-refractivity contribution in [2.24, 2.45) is 11.8 Å². The summed E-state index contributed by atoms with van der Waals surface area (Å²) in [6.45, 7) is 11.4. The van der Waals surface area contributed by atoms with E-state index in [-0.39, 0.29) is 31.1 Å². The van der Waals surface area contributed by atoms with Crippen LogP contribution in [0.25, 0.3) is 0 Å². The van der Waals surface area contributed by atoms with E-state index in [1.165, 1.54) is 218 Å². The van der Waals surface area contributed by atoms with Crippen molar-refractivity contribution < 1.29 is 28.6 Å². The summed E-state index contributed by atoms with van der Waals surface area (Å²) in [5.41, 5.74) is 0. The molecule has 0 amide bonds. The fourth-order valence-corrected chi connectivity index (χ4v) is 9.05. The number of hydrogen-bond donors (Lipinski definition) is 0. The van der Waals surface area contributed by atoms with Crippen LogP contribution in [0, 0.1) is 11.8 Å². The van der Waals surface area contributed by atoms with Gasteiger partial charge in [0.05, 0.1) is 0 Å². The molecule has 0 unspecified atom stereocenters. The largest absolute Gasteiger partial charge is 0.462 e. The Morgan fingerprint density at radius 1 is 0.292 bits per heavy atom. The average Bonchev–Trinajstić information content (AvgIpc) is 3.28. The Morgan fingerprint density at radius 3 is 0.754 bits per heavy atom. The summed E-state index contributed by atoms with van der Waals surface area (Å²) in [5, 5.41) is 0. The Labute approximate surface area is 406 Å². The normalized spacial score (nSPS) is 12.0. The molecule has 0 N–H and O–H groups in total. The van der Waals surface area contributed by atoms with Gasteiger partial charge in [-0.15, -0.1) is 0 Å². The molecule has 0 aliphatic rings. The van der Waals surface area contributed by atoms with Gasteiger partial charge in [-0.3, -0.25) is 14.4 Å². The predicted octanol–water partition coefficient (Wildman–Crippen LogP) is 19.3. The van der Waals surface area contributed by atoms with Crippen molar-refractivity contribution >= 4 is 17.9 Å². The molecule has 0 radical (unpaired) electrons. The van der Waals surface area contributed by atoms with E-state index < -0.39 is 6.10 Å². The zero-order chi connectivity index (χ0) is 47.5. The summed E-state index contributed by atoms with van der Waals surface area (Å²) < 4.78 is 16.9. The highest BCUT2D eigenvalue weighted by atomic mass is 16.6. The average molecular weight is 920 g/mol. The molecule has 1 atom stereocenters. The second-order valence-corrected chi connectivity index (χ2v) is 21.2. The van der Waals surface area contributed by atoms with E-state index >= 15 is 0 Å². The summed E-state index contributed by atoms with van der Waals surface area (Å²) in [6.07, 6.45) is 55.3. The fraction of sp³-hybridized carbons (Fsp3) is 0.949. The highest BCUT2D eigenvalue weighted by Gasteiger charge is 2.19. The summed E-state index contributed by atoms with van der Waals surface area (Å²) in [5.74, 6) is 0.862. The van der Waals surface area contributed by atoms with Gasteiger partial charge in [0.2, 0.25) is 0 Å². The summed E-state index contributed by atoms with van der Waals surface area (Å²) >= 11 is 0. The number of esters is 3. The first-order chi connectivity index (χ1) is 31.7. The lowest BCUT2D eigenvalue weighted by Gasteiger charge is -2.18. The van der Waals surface area contributed by atoms with Gasteiger partial charge in [-0.25, -0.2) is 0 Å². The van der Waals surface area contributed by atoms with E-state index in [1.54, 1.807) is 0 Å². The molecule has 0 fully saturated rings. The first-order valence-electron chi connectivity index (χ1n) is 29.2. The molecule has 65 heavy (non-hydrogen) atoms. The Kier molecular flexibility index (Phi) is 50.5. The van der Waals surface area contributed by atoms with Crippen molar-refractivity contribution in [1.82, 2.24) is 0 Å². The summed E-state index contributed by atoms with van der Waals surface area (Å²) in [7, 11) is 0. The Balaban J connectivity index is 4.20. The molecule has 0 heterocycles. The second-order valence-electron chi connectivity index (χ2n) is 21.2. The molecule has 6 heteroatoms. The molecule has 0 saturated carbocycles. The minimum Gasteiger partial charge on any atom is -0.462 e. The van der Waals surface area contributed by atoms with Crippen LogP contribution in [-0.4, -0.2) is 37.2 Å². The summed E-state index contributed by atoms with van der Waals surface area (Å²) in [4.78, 5) is 38.1. The number of hydrogen-bond acceptors (Lipinski definition) is 6. The molecule has 0 aromatic rings. The maximum absolute atomic E-state index is 12.8. The molecular formula is C59H114O6. The SMILES string of the molecule is CCCCCCCCCCCCC(=O)O[C@H](COC(=O)CCCCCCCCCCCCCCCCCCC(C)C)COC(=O)CCCCCCCCCCCCCCCCCC(C)C. The smallest absolute Gasteiger partial charge is 0.306 e. The molecule has 0 aliphatic heterocycles. The third-order valence-corrected chi connectivity index (χ3v) is 13.5. The van der Waals surface area contributed by atoms with Gasteiger partial charge in [0, 0.05) is 19.3 Å². The van der Waals surface area contributed by atoms with Crippen LogP contribution >= 0.6 is 0 Å². The number of unbranched alkanes of at least 4 members (excludes halogenated alkanes) is 38. The molecular weight excluding hydrogens is 805 g/mol. The van der Waals surface area contributed by atoms with Crippen LogP contribution < -0.4 is 0 Å². The highest BCUT2D eigenvalue weighted by molar-refractivity contribution is 5.71. The molecule has 0 saturated heterocycles. The van der Waals surface area contributed by atoms with Crippen molar-refractivity contribution in [2.75, 3.05) is 13.2 Å². The van der Waals surface area contributed by atoms with Crippen molar-refractivity contribution in [3.8, 4) is 0 Å². The van der Waals surface area contributed by atoms with E-state index in [0.717, 1.165) is 69.6 Å². The number of carbonyl (C=O) groups is 3. The monoisotopic (exact) mass is 919 g/mol. The van der Waals surface area contributed by atoms with Crippen LogP contribution in [0.3, 0.4) is 0 Å². The van der Waals surface area contributed by atoms with E-state index in [2.05, 4.69) is 34.6 Å². The number of carbonyl (C=O) groups excluding carboxylic acids is 3. The molecule has 0 aromatic carbocycles. The van der Waals surface area contributed by atoms with Crippen LogP contribution in [0.2, 0.25) is 0 Å². The third-order valence-electron chi connectivity index (χ3n) is 13.5. The van der Waals surface area contributed by atoms with Gasteiger partial charge in [0.15, 0.2) is 6.10 Å². The van der Waals surface area contributed by atoms with Gasteiger partial charge in [0.1, 0.15) is 13.2 Å². The molecule has 0 spiro atoms. The van der Waals surface area contributed by atoms with Gasteiger partial charge in [0.25, 0.3) is 0 Å². The maximum atomic E-state index is 12.8. The van der Waals surface area contributed by atoms with Gasteiger partial charge in [-0.2, -0.15) is 0 Å². The second kappa shape index (κ2) is 51.8. The lowest BCUT2D eigenvalue weighted by atomic mass is 10.0. The maximum Gasteiger partial charge on any atom is 0.306 e. The first-order valence-corrected chi connectivity index (χ1v) is 29.2. The van der Waals surface area contributed by atoms with Crippen LogP contribution in [-0.2, 0) is 28.6 Å². The lowest BCUT2D eigenvalue weighted by Crippen LogP contribution is -2.30. The molecule has 0 bridgehead atoms. The van der Waals surface area contributed by atoms with Crippen molar-refractivity contribution in [1.29, 1.82) is 0 Å². The van der Waals surface area contributed by atoms with Gasteiger partial charge in [-0.1, -0.05) is 291 Å². The van der Waals surface area contributed by atoms with E-state index in [9.17, 15) is 14.4 Å². The Bertz CT molecular complexity index is 993. The minimum absolute atomic E-state index is 0.0626. The third kappa shape index (κ3) is 53.2. The topological polar surface area (TPSA) is 78.9 Å². The zero-order valence-electron chi connectivity index (χ0n) is 44.6. The van der Waals surface area contributed by atoms with E-state index in [4.69, 9.17) is 14.2 Å². The van der Waals surface area contributed by atoms with Crippen LogP contribution in [0.5, 0.6) is 0 Å². The highest BCUT2D eigenvalue weighted by Crippen LogP contribution is 2.18. The quantitative estimate of drug-likeness (QED) is 0.0344. The fourth-order valence-electron chi connectivity index (χ4n) is 9.05. The number of rotatable bonds is 53. The van der Waals surface area contributed by atoms with Crippen molar-refractivity contribution in [2.45, 2.75) is 336 Å². The van der Waals surface area contributed by atoms with Crippen LogP contribution in [0.1, 0.15) is 330 Å². The predicted molar refractivity (Wildman–Crippen MR) is 280 cm³/mol. The molecule has 0 rings (SSSR count). The van der Waals surface area contributed by atoms with Gasteiger partial charge in [-0.05, 0) is 31.1 Å². The van der Waals surface area contributed by atoms with Crippen LogP contribution in [0.15, 0.2) is 0 Å². The standard InChI is InChI=1S/C59H114O6/c1-6-7-8-9-10-11-29-36-41-46-51-59(62)65-56(53-64-58(61)50-45-40-35-31-26-22-18-14-16-20-24-28-33-38-43-48-55(4)5)52-63-57(60)49-44-39-34-30-25-21-17-13-12-15-19-23-27-32-37-42-47-54(2)3/h54-56H,6-53H2,1-5H3/t56-/m1/s1. The van der Waals surface area contributed by atoms with Crippen molar-refractivity contribution in [3.63, 3.8) is 0 Å². The molecule has 6 nitrogen and oxygen atoms in total.